The summed E-state index contributed by atoms with van der Waals surface area (Å²) in [6, 6.07) is 24.1. The third-order valence-electron chi connectivity index (χ3n) is 7.01. The lowest BCUT2D eigenvalue weighted by molar-refractivity contribution is 0.0944. The molecule has 0 spiro atoms. The molecule has 176 valence electrons. The molecule has 33 heavy (non-hydrogen) atoms. The Balaban J connectivity index is 1.45. The van der Waals surface area contributed by atoms with Crippen LogP contribution >= 0.6 is 11.3 Å². The smallest absolute Gasteiger partial charge is 0.143 e. The number of nitrogens with zero attached hydrogens (tertiary/aromatic N) is 1. The number of nitrogens with one attached hydrogen (secondary N) is 2. The average Bonchev–Trinajstić information content (AvgIpc) is 3.39. The Kier molecular flexibility index (Phi) is 8.07. The van der Waals surface area contributed by atoms with Gasteiger partial charge in [-0.3, -0.25) is 4.90 Å². The first-order valence-corrected chi connectivity index (χ1v) is 12.9. The number of rotatable bonds is 10. The summed E-state index contributed by atoms with van der Waals surface area (Å²) in [5.41, 5.74) is 2.65. The van der Waals surface area contributed by atoms with Gasteiger partial charge in [0.2, 0.25) is 0 Å². The highest BCUT2D eigenvalue weighted by molar-refractivity contribution is 7.10. The van der Waals surface area contributed by atoms with Crippen molar-refractivity contribution in [2.24, 2.45) is 0 Å². The second-order valence-corrected chi connectivity index (χ2v) is 10.2. The Morgan fingerprint density at radius 2 is 1.73 bits per heavy atom. The van der Waals surface area contributed by atoms with E-state index in [1.54, 1.807) is 11.3 Å². The zero-order valence-corrected chi connectivity index (χ0v) is 20.9. The number of thiophene rings is 1. The maximum absolute atomic E-state index is 6.58. The van der Waals surface area contributed by atoms with E-state index in [0.29, 0.717) is 6.04 Å². The van der Waals surface area contributed by atoms with Gasteiger partial charge in [-0.1, -0.05) is 48.5 Å². The van der Waals surface area contributed by atoms with Gasteiger partial charge in [-0.05, 0) is 82.5 Å². The van der Waals surface area contributed by atoms with Crippen molar-refractivity contribution in [1.29, 1.82) is 0 Å². The van der Waals surface area contributed by atoms with E-state index >= 15 is 0 Å². The number of hydrogen-bond donors (Lipinski definition) is 2. The number of ether oxygens (including phenoxy) is 1. The fraction of sp³-hybridized carbons (Fsp3) is 0.429. The van der Waals surface area contributed by atoms with Crippen LogP contribution in [-0.4, -0.2) is 38.6 Å². The molecule has 4 nitrogen and oxygen atoms in total. The van der Waals surface area contributed by atoms with Crippen molar-refractivity contribution in [3.8, 4) is 5.75 Å². The summed E-state index contributed by atoms with van der Waals surface area (Å²) in [6.45, 7) is 0.924. The molecule has 0 saturated heterocycles. The molecule has 0 bridgehead atoms. The lowest BCUT2D eigenvalue weighted by Crippen LogP contribution is -2.46. The highest BCUT2D eigenvalue weighted by Gasteiger charge is 2.38. The summed E-state index contributed by atoms with van der Waals surface area (Å²) in [5, 5.41) is 9.22. The first-order valence-electron chi connectivity index (χ1n) is 12.1. The molecule has 1 aliphatic rings. The lowest BCUT2D eigenvalue weighted by Gasteiger charge is -2.46. The first-order chi connectivity index (χ1) is 16.1. The molecule has 1 aliphatic carbocycles. The van der Waals surface area contributed by atoms with Crippen LogP contribution in [0.2, 0.25) is 0 Å². The fourth-order valence-electron chi connectivity index (χ4n) is 5.05. The van der Waals surface area contributed by atoms with Crippen molar-refractivity contribution in [3.63, 3.8) is 0 Å². The SMILES string of the molecule is CNCC[C@H](Oc1ccccc1N[C@H]1CC[C@](c2ccccc2)(N(C)C)CC1)c1cccs1. The molecule has 3 aromatic rings. The third kappa shape index (κ3) is 5.60. The van der Waals surface area contributed by atoms with Gasteiger partial charge in [-0.2, -0.15) is 0 Å². The Hall–Kier alpha value is -2.34. The highest BCUT2D eigenvalue weighted by atomic mass is 32.1. The van der Waals surface area contributed by atoms with Gasteiger partial charge < -0.3 is 15.4 Å². The molecule has 4 rings (SSSR count). The van der Waals surface area contributed by atoms with Crippen LogP contribution in [-0.2, 0) is 5.54 Å². The van der Waals surface area contributed by atoms with Crippen LogP contribution < -0.4 is 15.4 Å². The van der Waals surface area contributed by atoms with Gasteiger partial charge >= 0.3 is 0 Å². The standard InChI is InChI=1S/C28H37N3OS/c1-29-20-17-26(27-14-9-21-33-27)32-25-13-8-7-12-24(25)30-23-15-18-28(19-16-23,31(2)3)22-10-5-4-6-11-22/h4-14,21,23,26,29-30H,15-20H2,1-3H3/t23-,26-,28-/m0/s1. The molecular weight excluding hydrogens is 426 g/mol. The monoisotopic (exact) mass is 463 g/mol. The minimum Gasteiger partial charge on any atom is -0.483 e. The molecule has 0 radical (unpaired) electrons. The minimum absolute atomic E-state index is 0.0613. The molecule has 1 saturated carbocycles. The maximum Gasteiger partial charge on any atom is 0.143 e. The predicted octanol–water partition coefficient (Wildman–Crippen LogP) is 6.29. The van der Waals surface area contributed by atoms with Crippen molar-refractivity contribution in [2.45, 2.75) is 49.8 Å². The van der Waals surface area contributed by atoms with Crippen molar-refractivity contribution in [3.05, 3.63) is 82.6 Å². The zero-order valence-electron chi connectivity index (χ0n) is 20.1. The summed E-state index contributed by atoms with van der Waals surface area (Å²) in [5.74, 6) is 0.944. The van der Waals surface area contributed by atoms with Gasteiger partial charge in [0, 0.05) is 22.9 Å². The van der Waals surface area contributed by atoms with Gasteiger partial charge in [0.25, 0.3) is 0 Å². The molecule has 5 heteroatoms. The van der Waals surface area contributed by atoms with Gasteiger partial charge in [0.15, 0.2) is 0 Å². The van der Waals surface area contributed by atoms with Gasteiger partial charge in [-0.25, -0.2) is 0 Å². The number of para-hydroxylation sites is 2. The van der Waals surface area contributed by atoms with Crippen LogP contribution in [0.3, 0.4) is 0 Å². The molecular formula is C28H37N3OS. The molecule has 1 heterocycles. The maximum atomic E-state index is 6.58. The first kappa shape index (κ1) is 23.8. The van der Waals surface area contributed by atoms with Crippen LogP contribution in [0.15, 0.2) is 72.1 Å². The van der Waals surface area contributed by atoms with E-state index in [1.165, 1.54) is 10.4 Å². The van der Waals surface area contributed by atoms with Crippen molar-refractivity contribution in [1.82, 2.24) is 10.2 Å². The Bertz CT molecular complexity index is 966. The lowest BCUT2D eigenvalue weighted by atomic mass is 9.74. The van der Waals surface area contributed by atoms with Gasteiger partial charge in [0.1, 0.15) is 11.9 Å². The average molecular weight is 464 g/mol. The van der Waals surface area contributed by atoms with Gasteiger partial charge in [0.05, 0.1) is 5.69 Å². The van der Waals surface area contributed by atoms with Crippen molar-refractivity contribution in [2.75, 3.05) is 33.0 Å². The summed E-state index contributed by atoms with van der Waals surface area (Å²) in [4.78, 5) is 3.69. The van der Waals surface area contributed by atoms with Crippen LogP contribution in [0, 0.1) is 0 Å². The highest BCUT2D eigenvalue weighted by Crippen LogP contribution is 2.42. The molecule has 0 unspecified atom stereocenters. The van der Waals surface area contributed by atoms with E-state index in [1.807, 2.05) is 7.05 Å². The van der Waals surface area contributed by atoms with Crippen molar-refractivity contribution >= 4 is 17.0 Å². The second-order valence-electron chi connectivity index (χ2n) is 9.22. The molecule has 1 aromatic heterocycles. The van der Waals surface area contributed by atoms with E-state index < -0.39 is 0 Å². The normalized spacial score (nSPS) is 21.6. The third-order valence-corrected chi connectivity index (χ3v) is 7.98. The Morgan fingerprint density at radius 1 is 1.00 bits per heavy atom. The summed E-state index contributed by atoms with van der Waals surface area (Å²) >= 11 is 1.76. The van der Waals surface area contributed by atoms with Gasteiger partial charge in [-0.15, -0.1) is 11.3 Å². The fourth-order valence-corrected chi connectivity index (χ4v) is 5.84. The Labute approximate surface area is 203 Å². The largest absolute Gasteiger partial charge is 0.483 e. The topological polar surface area (TPSA) is 36.5 Å². The number of anilines is 1. The van der Waals surface area contributed by atoms with Crippen LogP contribution in [0.4, 0.5) is 5.69 Å². The zero-order chi connectivity index (χ0) is 23.1. The molecule has 2 N–H and O–H groups in total. The number of benzene rings is 2. The van der Waals surface area contributed by atoms with E-state index in [2.05, 4.69) is 102 Å². The summed E-state index contributed by atoms with van der Waals surface area (Å²) < 4.78 is 6.58. The summed E-state index contributed by atoms with van der Waals surface area (Å²) in [7, 11) is 6.44. The predicted molar refractivity (Wildman–Crippen MR) is 140 cm³/mol. The van der Waals surface area contributed by atoms with Crippen LogP contribution in [0.5, 0.6) is 5.75 Å². The molecule has 1 atom stereocenters. The van der Waals surface area contributed by atoms with E-state index in [0.717, 1.165) is 50.1 Å². The molecule has 0 amide bonds. The molecule has 1 fully saturated rings. The van der Waals surface area contributed by atoms with E-state index in [-0.39, 0.29) is 11.6 Å². The summed E-state index contributed by atoms with van der Waals surface area (Å²) in [6.07, 6.45) is 5.56. The number of hydrogen-bond acceptors (Lipinski definition) is 5. The Morgan fingerprint density at radius 3 is 2.39 bits per heavy atom. The van der Waals surface area contributed by atoms with E-state index in [9.17, 15) is 0 Å². The van der Waals surface area contributed by atoms with Crippen molar-refractivity contribution < 1.29 is 4.74 Å². The molecule has 2 aromatic carbocycles. The minimum atomic E-state index is 0.0613. The van der Waals surface area contributed by atoms with Crippen LogP contribution in [0.1, 0.15) is 48.6 Å². The van der Waals surface area contributed by atoms with Crippen LogP contribution in [0.25, 0.3) is 0 Å². The quantitative estimate of drug-likeness (QED) is 0.370. The second kappa shape index (κ2) is 11.2. The van der Waals surface area contributed by atoms with E-state index in [4.69, 9.17) is 4.74 Å². The molecule has 0 aliphatic heterocycles.